The van der Waals surface area contributed by atoms with E-state index in [-0.39, 0.29) is 5.91 Å². The number of amides is 1. The first-order valence-electron chi connectivity index (χ1n) is 10.7. The summed E-state index contributed by atoms with van der Waals surface area (Å²) in [6.07, 6.45) is 5.46. The molecule has 1 aliphatic rings. The predicted molar refractivity (Wildman–Crippen MR) is 119 cm³/mol. The SMILES string of the molecule is CCCN(CCC)c1ncc(C(=O)N2CCN(c3cccc(C)c3C)CC2)cn1. The summed E-state index contributed by atoms with van der Waals surface area (Å²) in [5, 5.41) is 0. The molecule has 0 saturated carbocycles. The van der Waals surface area contributed by atoms with Gasteiger partial charge in [0.1, 0.15) is 0 Å². The van der Waals surface area contributed by atoms with Gasteiger partial charge in [0, 0.05) is 57.3 Å². The fourth-order valence-corrected chi connectivity index (χ4v) is 3.86. The molecule has 0 radical (unpaired) electrons. The second-order valence-corrected chi connectivity index (χ2v) is 7.76. The molecule has 0 spiro atoms. The Kier molecular flexibility index (Phi) is 7.07. The smallest absolute Gasteiger partial charge is 0.257 e. The highest BCUT2D eigenvalue weighted by Gasteiger charge is 2.24. The predicted octanol–water partition coefficient (Wildman–Crippen LogP) is 3.68. The average Bonchev–Trinajstić information content (AvgIpc) is 2.75. The maximum absolute atomic E-state index is 12.9. The number of rotatable bonds is 7. The maximum atomic E-state index is 12.9. The number of aryl methyl sites for hydroxylation is 1. The van der Waals surface area contributed by atoms with Gasteiger partial charge in [0.2, 0.25) is 5.95 Å². The van der Waals surface area contributed by atoms with Crippen LogP contribution in [0.25, 0.3) is 0 Å². The van der Waals surface area contributed by atoms with Crippen molar-refractivity contribution < 1.29 is 4.79 Å². The Morgan fingerprint density at radius 3 is 2.21 bits per heavy atom. The molecule has 1 aliphatic heterocycles. The fourth-order valence-electron chi connectivity index (χ4n) is 3.86. The summed E-state index contributed by atoms with van der Waals surface area (Å²) in [6, 6.07) is 6.42. The zero-order chi connectivity index (χ0) is 20.8. The molecular formula is C23H33N5O. The van der Waals surface area contributed by atoms with Crippen molar-refractivity contribution in [3.63, 3.8) is 0 Å². The summed E-state index contributed by atoms with van der Waals surface area (Å²) < 4.78 is 0. The molecule has 0 bridgehead atoms. The van der Waals surface area contributed by atoms with E-state index in [4.69, 9.17) is 0 Å². The normalized spacial score (nSPS) is 14.2. The summed E-state index contributed by atoms with van der Waals surface area (Å²) in [5.41, 5.74) is 4.47. The number of carbonyl (C=O) groups is 1. The summed E-state index contributed by atoms with van der Waals surface area (Å²) in [6.45, 7) is 13.6. The van der Waals surface area contributed by atoms with Crippen molar-refractivity contribution in [3.8, 4) is 0 Å². The van der Waals surface area contributed by atoms with Gasteiger partial charge in [-0.3, -0.25) is 4.79 Å². The molecular weight excluding hydrogens is 362 g/mol. The van der Waals surface area contributed by atoms with Crippen LogP contribution in [-0.2, 0) is 0 Å². The lowest BCUT2D eigenvalue weighted by Crippen LogP contribution is -2.49. The van der Waals surface area contributed by atoms with Crippen LogP contribution in [0.5, 0.6) is 0 Å². The molecule has 0 aliphatic carbocycles. The van der Waals surface area contributed by atoms with Crippen LogP contribution in [0.15, 0.2) is 30.6 Å². The molecule has 1 amide bonds. The fraction of sp³-hybridized carbons (Fsp3) is 0.522. The molecule has 0 unspecified atom stereocenters. The number of piperazine rings is 1. The van der Waals surface area contributed by atoms with Crippen LogP contribution in [0.3, 0.4) is 0 Å². The monoisotopic (exact) mass is 395 g/mol. The summed E-state index contributed by atoms with van der Waals surface area (Å²) in [7, 11) is 0. The van der Waals surface area contributed by atoms with Crippen molar-refractivity contribution in [2.45, 2.75) is 40.5 Å². The van der Waals surface area contributed by atoms with Crippen molar-refractivity contribution in [1.82, 2.24) is 14.9 Å². The van der Waals surface area contributed by atoms with E-state index in [2.05, 4.69) is 65.7 Å². The number of anilines is 2. The first-order chi connectivity index (χ1) is 14.0. The molecule has 1 aromatic carbocycles. The Hall–Kier alpha value is -2.63. The van der Waals surface area contributed by atoms with Crippen molar-refractivity contribution in [1.29, 1.82) is 0 Å². The van der Waals surface area contributed by atoms with E-state index < -0.39 is 0 Å². The van der Waals surface area contributed by atoms with E-state index in [1.54, 1.807) is 12.4 Å². The van der Waals surface area contributed by atoms with E-state index in [0.29, 0.717) is 24.6 Å². The number of hydrogen-bond donors (Lipinski definition) is 0. The lowest BCUT2D eigenvalue weighted by Gasteiger charge is -2.37. The Morgan fingerprint density at radius 1 is 1.00 bits per heavy atom. The van der Waals surface area contributed by atoms with Crippen LogP contribution in [-0.4, -0.2) is 60.0 Å². The largest absolute Gasteiger partial charge is 0.368 e. The van der Waals surface area contributed by atoms with Gasteiger partial charge in [-0.15, -0.1) is 0 Å². The summed E-state index contributed by atoms with van der Waals surface area (Å²) >= 11 is 0. The van der Waals surface area contributed by atoms with Gasteiger partial charge >= 0.3 is 0 Å². The molecule has 0 N–H and O–H groups in total. The zero-order valence-electron chi connectivity index (χ0n) is 18.2. The van der Waals surface area contributed by atoms with Crippen LogP contribution in [0.4, 0.5) is 11.6 Å². The second-order valence-electron chi connectivity index (χ2n) is 7.76. The summed E-state index contributed by atoms with van der Waals surface area (Å²) in [5.74, 6) is 0.736. The molecule has 156 valence electrons. The van der Waals surface area contributed by atoms with Gasteiger partial charge < -0.3 is 14.7 Å². The molecule has 6 heteroatoms. The highest BCUT2D eigenvalue weighted by atomic mass is 16.2. The number of hydrogen-bond acceptors (Lipinski definition) is 5. The van der Waals surface area contributed by atoms with Gasteiger partial charge in [-0.2, -0.15) is 0 Å². The maximum Gasteiger partial charge on any atom is 0.257 e. The molecule has 3 rings (SSSR count). The van der Waals surface area contributed by atoms with E-state index in [1.807, 2.05) is 4.90 Å². The third-order valence-electron chi connectivity index (χ3n) is 5.64. The van der Waals surface area contributed by atoms with E-state index in [0.717, 1.165) is 39.0 Å². The van der Waals surface area contributed by atoms with Crippen molar-refractivity contribution in [3.05, 3.63) is 47.3 Å². The van der Waals surface area contributed by atoms with E-state index >= 15 is 0 Å². The number of nitrogens with zero attached hydrogens (tertiary/aromatic N) is 5. The molecule has 1 saturated heterocycles. The van der Waals surface area contributed by atoms with Crippen molar-refractivity contribution in [2.75, 3.05) is 49.1 Å². The Morgan fingerprint density at radius 2 is 1.62 bits per heavy atom. The van der Waals surface area contributed by atoms with Gasteiger partial charge in [-0.05, 0) is 43.9 Å². The highest BCUT2D eigenvalue weighted by Crippen LogP contribution is 2.24. The second kappa shape index (κ2) is 9.72. The lowest BCUT2D eigenvalue weighted by molar-refractivity contribution is 0.0746. The summed E-state index contributed by atoms with van der Waals surface area (Å²) in [4.78, 5) is 28.3. The number of aromatic nitrogens is 2. The van der Waals surface area contributed by atoms with Crippen molar-refractivity contribution in [2.24, 2.45) is 0 Å². The lowest BCUT2D eigenvalue weighted by atomic mass is 10.1. The topological polar surface area (TPSA) is 52.6 Å². The van der Waals surface area contributed by atoms with Crippen LogP contribution >= 0.6 is 0 Å². The molecule has 0 atom stereocenters. The Balaban J connectivity index is 1.62. The number of benzene rings is 1. The van der Waals surface area contributed by atoms with E-state index in [1.165, 1.54) is 16.8 Å². The van der Waals surface area contributed by atoms with Crippen LogP contribution < -0.4 is 9.80 Å². The molecule has 29 heavy (non-hydrogen) atoms. The third kappa shape index (κ3) is 4.86. The van der Waals surface area contributed by atoms with Gasteiger partial charge in [0.15, 0.2) is 0 Å². The molecule has 6 nitrogen and oxygen atoms in total. The molecule has 2 heterocycles. The standard InChI is InChI=1S/C23H33N5O/c1-5-10-28(11-6-2)23-24-16-20(17-25-23)22(29)27-14-12-26(13-15-27)21-9-7-8-18(3)19(21)4/h7-9,16-17H,5-6,10-15H2,1-4H3. The Bertz CT molecular complexity index is 807. The first kappa shape index (κ1) is 21.1. The average molecular weight is 396 g/mol. The van der Waals surface area contributed by atoms with E-state index in [9.17, 15) is 4.79 Å². The van der Waals surface area contributed by atoms with Gasteiger partial charge in [-0.1, -0.05) is 26.0 Å². The minimum Gasteiger partial charge on any atom is -0.368 e. The minimum atomic E-state index is 0.0229. The number of carbonyl (C=O) groups excluding carboxylic acids is 1. The van der Waals surface area contributed by atoms with Gasteiger partial charge in [-0.25, -0.2) is 9.97 Å². The minimum absolute atomic E-state index is 0.0229. The van der Waals surface area contributed by atoms with Gasteiger partial charge in [0.05, 0.1) is 5.56 Å². The highest BCUT2D eigenvalue weighted by molar-refractivity contribution is 5.93. The molecule has 2 aromatic rings. The molecule has 1 aromatic heterocycles. The van der Waals surface area contributed by atoms with Crippen LogP contribution in [0.2, 0.25) is 0 Å². The quantitative estimate of drug-likeness (QED) is 0.716. The van der Waals surface area contributed by atoms with Crippen LogP contribution in [0.1, 0.15) is 48.2 Å². The van der Waals surface area contributed by atoms with Crippen molar-refractivity contribution >= 4 is 17.5 Å². The zero-order valence-corrected chi connectivity index (χ0v) is 18.2. The third-order valence-corrected chi connectivity index (χ3v) is 5.64. The molecule has 1 fully saturated rings. The van der Waals surface area contributed by atoms with Gasteiger partial charge in [0.25, 0.3) is 5.91 Å². The first-order valence-corrected chi connectivity index (χ1v) is 10.7. The Labute approximate surface area is 174 Å². The van der Waals surface area contributed by atoms with Crippen LogP contribution in [0, 0.1) is 13.8 Å².